The van der Waals surface area contributed by atoms with Gasteiger partial charge < -0.3 is 19.5 Å². The number of dihydropyridines is 1. The molecule has 1 N–H and O–H groups in total. The largest absolute Gasteiger partial charge is 0.493 e. The average molecular weight is 494 g/mol. The maximum absolute atomic E-state index is 13.8. The lowest BCUT2D eigenvalue weighted by Gasteiger charge is -2.37. The van der Waals surface area contributed by atoms with Crippen molar-refractivity contribution in [2.24, 2.45) is 0 Å². The molecule has 0 spiro atoms. The zero-order chi connectivity index (χ0) is 26.0. The molecular weight excluding hydrogens is 461 g/mol. The van der Waals surface area contributed by atoms with E-state index in [1.54, 1.807) is 26.4 Å². The summed E-state index contributed by atoms with van der Waals surface area (Å²) < 4.78 is 30.2. The van der Waals surface area contributed by atoms with Crippen molar-refractivity contribution in [1.29, 1.82) is 0 Å². The summed E-state index contributed by atoms with van der Waals surface area (Å²) in [7, 11) is 3.16. The van der Waals surface area contributed by atoms with Gasteiger partial charge in [-0.2, -0.15) is 0 Å². The van der Waals surface area contributed by atoms with E-state index < -0.39 is 11.9 Å². The predicted octanol–water partition coefficient (Wildman–Crippen LogP) is 5.55. The summed E-state index contributed by atoms with van der Waals surface area (Å²) in [5.74, 6) is -0.372. The molecule has 1 heterocycles. The Bertz CT molecular complexity index is 1230. The number of Topliss-reactive ketones (excluding diaryl/α,β-unsaturated/α-hetero) is 1. The minimum atomic E-state index is -0.628. The fourth-order valence-electron chi connectivity index (χ4n) is 4.97. The van der Waals surface area contributed by atoms with Crippen molar-refractivity contribution < 1.29 is 28.2 Å². The van der Waals surface area contributed by atoms with E-state index in [-0.39, 0.29) is 30.0 Å². The molecule has 6 nitrogen and oxygen atoms in total. The number of carbonyl (C=O) groups is 2. The lowest BCUT2D eigenvalue weighted by molar-refractivity contribution is -0.144. The van der Waals surface area contributed by atoms with Gasteiger partial charge in [0.1, 0.15) is 5.82 Å². The van der Waals surface area contributed by atoms with E-state index in [2.05, 4.69) is 5.32 Å². The number of methoxy groups -OCH3 is 2. The fraction of sp³-hybridized carbons (Fsp3) is 0.379. The highest BCUT2D eigenvalue weighted by molar-refractivity contribution is 6.04. The van der Waals surface area contributed by atoms with Crippen molar-refractivity contribution in [2.75, 3.05) is 14.2 Å². The van der Waals surface area contributed by atoms with Gasteiger partial charge in [-0.15, -0.1) is 0 Å². The van der Waals surface area contributed by atoms with Gasteiger partial charge >= 0.3 is 5.97 Å². The number of ether oxygens (including phenoxy) is 3. The van der Waals surface area contributed by atoms with Crippen LogP contribution in [-0.4, -0.2) is 32.1 Å². The zero-order valence-electron chi connectivity index (χ0n) is 21.3. The van der Waals surface area contributed by atoms with Gasteiger partial charge in [0.25, 0.3) is 0 Å². The zero-order valence-corrected chi connectivity index (χ0v) is 21.3. The monoisotopic (exact) mass is 493 g/mol. The van der Waals surface area contributed by atoms with Crippen molar-refractivity contribution in [3.63, 3.8) is 0 Å². The van der Waals surface area contributed by atoms with Crippen molar-refractivity contribution >= 4 is 11.8 Å². The second kappa shape index (κ2) is 10.6. The highest BCUT2D eigenvalue weighted by Crippen LogP contribution is 2.46. The molecule has 0 bridgehead atoms. The number of nitrogens with one attached hydrogen (secondary N) is 1. The first-order valence-electron chi connectivity index (χ1n) is 12.2. The Balaban J connectivity index is 1.76. The van der Waals surface area contributed by atoms with Gasteiger partial charge in [-0.3, -0.25) is 4.79 Å². The molecule has 1 aliphatic heterocycles. The van der Waals surface area contributed by atoms with Gasteiger partial charge in [-0.05, 0) is 68.0 Å². The SMILES string of the molecule is CC[C@H](C)OC(=O)C1=C(C)NC2=C(C(=O)C[C@@H](c3ccc(OC)c(OC)c3)C2)[C@@H]1c1ccc(F)cc1. The lowest BCUT2D eigenvalue weighted by Crippen LogP contribution is -2.36. The molecular formula is C29H32FNO5. The van der Waals surface area contributed by atoms with Crippen molar-refractivity contribution in [2.45, 2.75) is 58.0 Å². The van der Waals surface area contributed by atoms with Crippen LogP contribution in [0.5, 0.6) is 11.5 Å². The van der Waals surface area contributed by atoms with E-state index in [1.165, 1.54) is 12.1 Å². The third-order valence-corrected chi connectivity index (χ3v) is 7.01. The second-order valence-electron chi connectivity index (χ2n) is 9.31. The molecule has 0 radical (unpaired) electrons. The standard InChI is InChI=1S/C29H32FNO5/c1-6-16(2)36-29(33)26-17(3)31-22-13-20(19-9-12-24(34-4)25(15-19)35-5)14-23(32)28(22)27(26)18-7-10-21(30)11-8-18/h7-12,15-16,20,27,31H,6,13-14H2,1-5H3/t16-,20-,27+/m0/s1. The molecule has 2 aromatic carbocycles. The summed E-state index contributed by atoms with van der Waals surface area (Å²) in [6.07, 6.45) is 1.27. The molecule has 2 aliphatic rings. The number of benzene rings is 2. The van der Waals surface area contributed by atoms with Crippen LogP contribution < -0.4 is 14.8 Å². The maximum atomic E-state index is 13.8. The van der Waals surface area contributed by atoms with E-state index in [4.69, 9.17) is 14.2 Å². The van der Waals surface area contributed by atoms with Gasteiger partial charge in [0.15, 0.2) is 17.3 Å². The van der Waals surface area contributed by atoms with Crippen LogP contribution in [0, 0.1) is 5.82 Å². The summed E-state index contributed by atoms with van der Waals surface area (Å²) in [5.41, 5.74) is 3.99. The van der Waals surface area contributed by atoms with Gasteiger partial charge in [0, 0.05) is 29.3 Å². The number of allylic oxidation sites excluding steroid dienone is 3. The van der Waals surface area contributed by atoms with Gasteiger partial charge in [-0.1, -0.05) is 25.1 Å². The number of esters is 1. The Kier molecular flexibility index (Phi) is 7.48. The first-order chi connectivity index (χ1) is 17.3. The molecule has 0 unspecified atom stereocenters. The number of halogens is 1. The summed E-state index contributed by atoms with van der Waals surface area (Å²) >= 11 is 0. The summed E-state index contributed by atoms with van der Waals surface area (Å²) in [5, 5.41) is 3.34. The van der Waals surface area contributed by atoms with E-state index >= 15 is 0 Å². The normalized spacial score (nSPS) is 20.4. The summed E-state index contributed by atoms with van der Waals surface area (Å²) in [6.45, 7) is 5.59. The van der Waals surface area contributed by atoms with Crippen LogP contribution in [0.3, 0.4) is 0 Å². The van der Waals surface area contributed by atoms with Gasteiger partial charge in [-0.25, -0.2) is 9.18 Å². The quantitative estimate of drug-likeness (QED) is 0.510. The first-order valence-corrected chi connectivity index (χ1v) is 12.2. The number of hydrogen-bond donors (Lipinski definition) is 1. The van der Waals surface area contributed by atoms with Crippen LogP contribution in [0.15, 0.2) is 65.0 Å². The van der Waals surface area contributed by atoms with Crippen LogP contribution in [0.25, 0.3) is 0 Å². The molecule has 36 heavy (non-hydrogen) atoms. The molecule has 190 valence electrons. The van der Waals surface area contributed by atoms with E-state index in [9.17, 15) is 14.0 Å². The third kappa shape index (κ3) is 4.87. The van der Waals surface area contributed by atoms with Crippen LogP contribution >= 0.6 is 0 Å². The van der Waals surface area contributed by atoms with E-state index in [0.29, 0.717) is 46.7 Å². The third-order valence-electron chi connectivity index (χ3n) is 7.01. The molecule has 0 saturated carbocycles. The average Bonchev–Trinajstić information content (AvgIpc) is 2.87. The number of hydrogen-bond acceptors (Lipinski definition) is 6. The molecule has 7 heteroatoms. The Morgan fingerprint density at radius 2 is 1.72 bits per heavy atom. The first kappa shape index (κ1) is 25.5. The smallest absolute Gasteiger partial charge is 0.337 e. The Hall–Kier alpha value is -3.61. The topological polar surface area (TPSA) is 73.9 Å². The predicted molar refractivity (Wildman–Crippen MR) is 134 cm³/mol. The molecule has 3 atom stereocenters. The number of carbonyl (C=O) groups excluding carboxylic acids is 2. The van der Waals surface area contributed by atoms with Crippen molar-refractivity contribution in [3.05, 3.63) is 81.9 Å². The van der Waals surface area contributed by atoms with E-state index in [1.807, 2.05) is 39.0 Å². The van der Waals surface area contributed by atoms with Gasteiger partial charge in [0.2, 0.25) is 0 Å². The van der Waals surface area contributed by atoms with E-state index in [0.717, 1.165) is 11.3 Å². The van der Waals surface area contributed by atoms with Crippen molar-refractivity contribution in [1.82, 2.24) is 5.32 Å². The van der Waals surface area contributed by atoms with Gasteiger partial charge in [0.05, 0.1) is 25.9 Å². The maximum Gasteiger partial charge on any atom is 0.337 e. The number of rotatable bonds is 7. The van der Waals surface area contributed by atoms with Crippen LogP contribution in [-0.2, 0) is 14.3 Å². The Morgan fingerprint density at radius 3 is 2.36 bits per heavy atom. The Labute approximate surface area is 211 Å². The Morgan fingerprint density at radius 1 is 1.06 bits per heavy atom. The molecule has 0 amide bonds. The molecule has 2 aromatic rings. The highest BCUT2D eigenvalue weighted by Gasteiger charge is 2.41. The minimum absolute atomic E-state index is 0.0563. The number of ketones is 1. The second-order valence-corrected chi connectivity index (χ2v) is 9.31. The van der Waals surface area contributed by atoms with Crippen molar-refractivity contribution in [3.8, 4) is 11.5 Å². The molecule has 4 rings (SSSR count). The molecule has 0 saturated heterocycles. The van der Waals surface area contributed by atoms with Crippen LogP contribution in [0.4, 0.5) is 4.39 Å². The lowest BCUT2D eigenvalue weighted by atomic mass is 9.71. The summed E-state index contributed by atoms with van der Waals surface area (Å²) in [6, 6.07) is 11.7. The minimum Gasteiger partial charge on any atom is -0.493 e. The summed E-state index contributed by atoms with van der Waals surface area (Å²) in [4.78, 5) is 27.0. The van der Waals surface area contributed by atoms with Crippen LogP contribution in [0.1, 0.15) is 63.0 Å². The molecule has 0 fully saturated rings. The fourth-order valence-corrected chi connectivity index (χ4v) is 4.97. The molecule has 0 aromatic heterocycles. The van der Waals surface area contributed by atoms with Crippen LogP contribution in [0.2, 0.25) is 0 Å². The highest BCUT2D eigenvalue weighted by atomic mass is 19.1. The molecule has 1 aliphatic carbocycles.